The Hall–Kier alpha value is -3.46. The number of hydrogen-bond acceptors (Lipinski definition) is 3. The molecule has 0 aliphatic heterocycles. The number of amides is 2. The molecule has 2 amide bonds. The van der Waals surface area contributed by atoms with Gasteiger partial charge in [0.1, 0.15) is 12.2 Å². The van der Waals surface area contributed by atoms with Gasteiger partial charge in [0.25, 0.3) is 0 Å². The SMILES string of the molecule is N#CCC(=O)NCc1ccccc1NC(=O)/C=C/c1ccc(F)cc1. The van der Waals surface area contributed by atoms with Gasteiger partial charge in [0.15, 0.2) is 0 Å². The normalized spacial score (nSPS) is 10.2. The number of hydrogen-bond donors (Lipinski definition) is 2. The first-order chi connectivity index (χ1) is 12.1. The quantitative estimate of drug-likeness (QED) is 0.795. The van der Waals surface area contributed by atoms with Crippen LogP contribution >= 0.6 is 0 Å². The lowest BCUT2D eigenvalue weighted by Crippen LogP contribution is -2.22. The van der Waals surface area contributed by atoms with E-state index in [1.54, 1.807) is 48.5 Å². The van der Waals surface area contributed by atoms with Crippen LogP contribution in [0.15, 0.2) is 54.6 Å². The summed E-state index contributed by atoms with van der Waals surface area (Å²) in [4.78, 5) is 23.4. The summed E-state index contributed by atoms with van der Waals surface area (Å²) < 4.78 is 12.8. The summed E-state index contributed by atoms with van der Waals surface area (Å²) in [6.45, 7) is 0.207. The molecule has 0 spiro atoms. The van der Waals surface area contributed by atoms with Crippen LogP contribution in [0, 0.1) is 17.1 Å². The second-order valence-corrected chi connectivity index (χ2v) is 5.14. The van der Waals surface area contributed by atoms with Crippen LogP contribution in [0.5, 0.6) is 0 Å². The van der Waals surface area contributed by atoms with Crippen LogP contribution in [0.25, 0.3) is 6.08 Å². The first kappa shape index (κ1) is 17.9. The second-order valence-electron chi connectivity index (χ2n) is 5.14. The first-order valence-electron chi connectivity index (χ1n) is 7.54. The van der Waals surface area contributed by atoms with Crippen LogP contribution in [0.4, 0.5) is 10.1 Å². The average Bonchev–Trinajstić information content (AvgIpc) is 2.61. The van der Waals surface area contributed by atoms with E-state index in [1.807, 2.05) is 0 Å². The third-order valence-electron chi connectivity index (χ3n) is 3.29. The molecule has 2 rings (SSSR count). The molecule has 6 heteroatoms. The lowest BCUT2D eigenvalue weighted by atomic mass is 10.1. The second kappa shape index (κ2) is 8.99. The molecule has 25 heavy (non-hydrogen) atoms. The van der Waals surface area contributed by atoms with Gasteiger partial charge in [-0.3, -0.25) is 9.59 Å². The predicted molar refractivity (Wildman–Crippen MR) is 92.6 cm³/mol. The molecule has 0 saturated heterocycles. The Morgan fingerprint density at radius 1 is 1.12 bits per heavy atom. The van der Waals surface area contributed by atoms with E-state index in [9.17, 15) is 14.0 Å². The Morgan fingerprint density at radius 2 is 1.84 bits per heavy atom. The van der Waals surface area contributed by atoms with Gasteiger partial charge in [-0.25, -0.2) is 4.39 Å². The summed E-state index contributed by atoms with van der Waals surface area (Å²) in [5.74, 6) is -1.06. The average molecular weight is 337 g/mol. The van der Waals surface area contributed by atoms with Gasteiger partial charge in [0.05, 0.1) is 6.07 Å². The number of halogens is 1. The maximum Gasteiger partial charge on any atom is 0.248 e. The Bertz CT molecular complexity index is 823. The Labute approximate surface area is 144 Å². The fourth-order valence-electron chi connectivity index (χ4n) is 2.04. The minimum Gasteiger partial charge on any atom is -0.351 e. The van der Waals surface area contributed by atoms with Crippen LogP contribution in [0.2, 0.25) is 0 Å². The van der Waals surface area contributed by atoms with E-state index in [4.69, 9.17) is 5.26 Å². The zero-order chi connectivity index (χ0) is 18.1. The lowest BCUT2D eigenvalue weighted by molar-refractivity contribution is -0.120. The van der Waals surface area contributed by atoms with Crippen molar-refractivity contribution in [1.29, 1.82) is 5.26 Å². The minimum absolute atomic E-state index is 0.207. The molecule has 5 nitrogen and oxygen atoms in total. The fraction of sp³-hybridized carbons (Fsp3) is 0.105. The highest BCUT2D eigenvalue weighted by atomic mass is 19.1. The molecule has 0 fully saturated rings. The van der Waals surface area contributed by atoms with E-state index < -0.39 is 0 Å². The van der Waals surface area contributed by atoms with Crippen molar-refractivity contribution >= 4 is 23.6 Å². The van der Waals surface area contributed by atoms with Gasteiger partial charge in [-0.1, -0.05) is 30.3 Å². The van der Waals surface area contributed by atoms with Crippen molar-refractivity contribution in [3.8, 4) is 6.07 Å². The van der Waals surface area contributed by atoms with Gasteiger partial charge in [0, 0.05) is 18.3 Å². The summed E-state index contributed by atoms with van der Waals surface area (Å²) in [5, 5.41) is 13.8. The van der Waals surface area contributed by atoms with E-state index in [1.165, 1.54) is 18.2 Å². The molecular formula is C19H16FN3O2. The highest BCUT2D eigenvalue weighted by molar-refractivity contribution is 6.02. The van der Waals surface area contributed by atoms with Crippen molar-refractivity contribution in [2.75, 3.05) is 5.32 Å². The number of nitriles is 1. The van der Waals surface area contributed by atoms with E-state index in [2.05, 4.69) is 10.6 Å². The monoisotopic (exact) mass is 337 g/mol. The molecule has 2 aromatic rings. The van der Waals surface area contributed by atoms with Gasteiger partial charge in [-0.05, 0) is 35.4 Å². The molecule has 0 radical (unpaired) electrons. The molecule has 0 saturated carbocycles. The number of nitrogens with one attached hydrogen (secondary N) is 2. The van der Waals surface area contributed by atoms with Crippen molar-refractivity contribution in [1.82, 2.24) is 5.32 Å². The molecule has 0 bridgehead atoms. The summed E-state index contributed by atoms with van der Waals surface area (Å²) in [5.41, 5.74) is 1.99. The number of carbonyl (C=O) groups excluding carboxylic acids is 2. The predicted octanol–water partition coefficient (Wildman–Crippen LogP) is 3.01. The molecule has 0 aliphatic rings. The zero-order valence-electron chi connectivity index (χ0n) is 13.3. The summed E-state index contributed by atoms with van der Waals surface area (Å²) in [6, 6.07) is 14.6. The van der Waals surface area contributed by atoms with Gasteiger partial charge >= 0.3 is 0 Å². The van der Waals surface area contributed by atoms with E-state index in [0.717, 1.165) is 5.56 Å². The number of para-hydroxylation sites is 1. The minimum atomic E-state index is -0.375. The number of rotatable bonds is 6. The van der Waals surface area contributed by atoms with Crippen LogP contribution in [-0.4, -0.2) is 11.8 Å². The summed E-state index contributed by atoms with van der Waals surface area (Å²) in [7, 11) is 0. The third-order valence-corrected chi connectivity index (χ3v) is 3.29. The molecule has 0 aliphatic carbocycles. The Kier molecular flexibility index (Phi) is 6.43. The smallest absolute Gasteiger partial charge is 0.248 e. The molecule has 0 heterocycles. The number of benzene rings is 2. The third kappa shape index (κ3) is 5.92. The lowest BCUT2D eigenvalue weighted by Gasteiger charge is -2.10. The van der Waals surface area contributed by atoms with Crippen molar-refractivity contribution in [2.24, 2.45) is 0 Å². The van der Waals surface area contributed by atoms with Crippen LogP contribution in [0.3, 0.4) is 0 Å². The standard InChI is InChI=1S/C19H16FN3O2/c20-16-8-5-14(6-9-16)7-10-19(25)23-17-4-2-1-3-15(17)13-22-18(24)11-12-21/h1-10H,11,13H2,(H,22,24)(H,23,25)/b10-7+. The highest BCUT2D eigenvalue weighted by Crippen LogP contribution is 2.15. The largest absolute Gasteiger partial charge is 0.351 e. The van der Waals surface area contributed by atoms with Gasteiger partial charge in [-0.2, -0.15) is 5.26 Å². The van der Waals surface area contributed by atoms with E-state index >= 15 is 0 Å². The molecule has 0 aromatic heterocycles. The maximum absolute atomic E-state index is 12.8. The molecule has 2 N–H and O–H groups in total. The zero-order valence-corrected chi connectivity index (χ0v) is 13.3. The van der Waals surface area contributed by atoms with Crippen molar-refractivity contribution in [2.45, 2.75) is 13.0 Å². The molecule has 126 valence electrons. The van der Waals surface area contributed by atoms with Crippen molar-refractivity contribution < 1.29 is 14.0 Å². The molecular weight excluding hydrogens is 321 g/mol. The Morgan fingerprint density at radius 3 is 2.56 bits per heavy atom. The van der Waals surface area contributed by atoms with Gasteiger partial charge in [0.2, 0.25) is 11.8 Å². The highest BCUT2D eigenvalue weighted by Gasteiger charge is 2.06. The molecule has 0 atom stereocenters. The van der Waals surface area contributed by atoms with Gasteiger partial charge < -0.3 is 10.6 Å². The van der Waals surface area contributed by atoms with Gasteiger partial charge in [-0.15, -0.1) is 0 Å². The van der Waals surface area contributed by atoms with Crippen molar-refractivity contribution in [3.05, 3.63) is 71.6 Å². The summed E-state index contributed by atoms with van der Waals surface area (Å²) in [6.07, 6.45) is 2.71. The van der Waals surface area contributed by atoms with Crippen molar-refractivity contribution in [3.63, 3.8) is 0 Å². The summed E-state index contributed by atoms with van der Waals surface area (Å²) >= 11 is 0. The van der Waals surface area contributed by atoms with Crippen LogP contribution < -0.4 is 10.6 Å². The van der Waals surface area contributed by atoms with Crippen LogP contribution in [-0.2, 0) is 16.1 Å². The number of anilines is 1. The topological polar surface area (TPSA) is 82.0 Å². The Balaban J connectivity index is 1.99. The molecule has 2 aromatic carbocycles. The van der Waals surface area contributed by atoms with E-state index in [-0.39, 0.29) is 30.6 Å². The maximum atomic E-state index is 12.8. The van der Waals surface area contributed by atoms with E-state index in [0.29, 0.717) is 11.3 Å². The number of carbonyl (C=O) groups is 2. The fourth-order valence-corrected chi connectivity index (χ4v) is 2.04. The number of nitrogens with zero attached hydrogens (tertiary/aromatic N) is 1. The first-order valence-corrected chi connectivity index (χ1v) is 7.54. The van der Waals surface area contributed by atoms with Crippen LogP contribution in [0.1, 0.15) is 17.5 Å². The molecule has 0 unspecified atom stereocenters.